The van der Waals surface area contributed by atoms with E-state index in [2.05, 4.69) is 0 Å². The number of alkyl halides is 1. The number of rotatable bonds is 3. The Bertz CT molecular complexity index is 286. The molecule has 1 N–H and O–H groups in total. The summed E-state index contributed by atoms with van der Waals surface area (Å²) in [7, 11) is -3.18. The third-order valence-electron chi connectivity index (χ3n) is 1.55. The average Bonchev–Trinajstić information content (AvgIpc) is 2.06. The van der Waals surface area contributed by atoms with Crippen LogP contribution < -0.4 is 5.30 Å². The molecule has 0 fully saturated rings. The van der Waals surface area contributed by atoms with Crippen LogP contribution in [0.1, 0.15) is 0 Å². The molecule has 1 aromatic carbocycles. The fourth-order valence-corrected chi connectivity index (χ4v) is 2.72. The lowest BCUT2D eigenvalue weighted by molar-refractivity contribution is 0.491. The highest BCUT2D eigenvalue weighted by Crippen LogP contribution is 2.38. The van der Waals surface area contributed by atoms with Crippen LogP contribution in [0.4, 0.5) is 0 Å². The van der Waals surface area contributed by atoms with Gasteiger partial charge >= 0.3 is 0 Å². The smallest absolute Gasteiger partial charge is 0.230 e. The fourth-order valence-electron chi connectivity index (χ4n) is 0.905. The molecule has 0 bridgehead atoms. The van der Waals surface area contributed by atoms with Gasteiger partial charge in [0.25, 0.3) is 0 Å². The highest BCUT2D eigenvalue weighted by molar-refractivity contribution is 7.66. The van der Waals surface area contributed by atoms with E-state index >= 15 is 0 Å². The molecule has 0 saturated heterocycles. The topological polar surface area (TPSA) is 37.3 Å². The first-order chi connectivity index (χ1) is 5.67. The minimum Gasteiger partial charge on any atom is -0.341 e. The van der Waals surface area contributed by atoms with Gasteiger partial charge in [0.05, 0.1) is 0 Å². The van der Waals surface area contributed by atoms with E-state index in [-0.39, 0.29) is 12.0 Å². The molecule has 0 saturated carbocycles. The molecule has 66 valence electrons. The molecule has 0 heterocycles. The van der Waals surface area contributed by atoms with E-state index in [0.29, 0.717) is 5.30 Å². The maximum atomic E-state index is 11.5. The number of halogens is 1. The summed E-state index contributed by atoms with van der Waals surface area (Å²) in [4.78, 5) is 9.46. The molecule has 12 heavy (non-hydrogen) atoms. The second kappa shape index (κ2) is 4.08. The Balaban J connectivity index is 2.90. The number of hydrogen-bond donors (Lipinski definition) is 1. The molecule has 2 nitrogen and oxygen atoms in total. The van der Waals surface area contributed by atoms with Crippen molar-refractivity contribution in [3.05, 3.63) is 30.3 Å². The van der Waals surface area contributed by atoms with E-state index in [0.717, 1.165) is 0 Å². The SMILES string of the molecule is O=P(O)(CCCl)c1ccccc1. The van der Waals surface area contributed by atoms with Gasteiger partial charge in [-0.1, -0.05) is 18.2 Å². The maximum Gasteiger partial charge on any atom is 0.230 e. The van der Waals surface area contributed by atoms with Gasteiger partial charge in [0.2, 0.25) is 7.37 Å². The summed E-state index contributed by atoms with van der Waals surface area (Å²) in [5, 5.41) is 0.477. The second-order valence-corrected chi connectivity index (χ2v) is 5.19. The Morgan fingerprint density at radius 2 is 1.92 bits per heavy atom. The van der Waals surface area contributed by atoms with Crippen molar-refractivity contribution in [1.82, 2.24) is 0 Å². The summed E-state index contributed by atoms with van der Waals surface area (Å²) < 4.78 is 11.5. The summed E-state index contributed by atoms with van der Waals surface area (Å²) >= 11 is 5.40. The van der Waals surface area contributed by atoms with E-state index in [4.69, 9.17) is 11.6 Å². The van der Waals surface area contributed by atoms with Gasteiger partial charge in [-0.25, -0.2) is 0 Å². The molecule has 0 amide bonds. The van der Waals surface area contributed by atoms with Gasteiger partial charge in [-0.3, -0.25) is 4.57 Å². The summed E-state index contributed by atoms with van der Waals surface area (Å²) in [5.41, 5.74) is 0. The van der Waals surface area contributed by atoms with E-state index in [9.17, 15) is 9.46 Å². The Morgan fingerprint density at radius 3 is 2.42 bits per heavy atom. The highest BCUT2D eigenvalue weighted by atomic mass is 35.5. The summed E-state index contributed by atoms with van der Waals surface area (Å²) in [5.74, 6) is 0.211. The van der Waals surface area contributed by atoms with E-state index in [1.165, 1.54) is 0 Å². The van der Waals surface area contributed by atoms with Crippen molar-refractivity contribution < 1.29 is 9.46 Å². The van der Waals surface area contributed by atoms with Crippen molar-refractivity contribution in [2.24, 2.45) is 0 Å². The van der Waals surface area contributed by atoms with Gasteiger partial charge in [0.1, 0.15) is 0 Å². The molecule has 1 unspecified atom stereocenters. The van der Waals surface area contributed by atoms with Crippen molar-refractivity contribution in [1.29, 1.82) is 0 Å². The molecule has 0 aliphatic rings. The molecule has 0 aliphatic carbocycles. The van der Waals surface area contributed by atoms with E-state index < -0.39 is 7.37 Å². The van der Waals surface area contributed by atoms with Crippen LogP contribution >= 0.6 is 19.0 Å². The van der Waals surface area contributed by atoms with Crippen LogP contribution in [0.2, 0.25) is 0 Å². The number of benzene rings is 1. The molecule has 0 spiro atoms. The Hall–Kier alpha value is -0.300. The minimum absolute atomic E-state index is 0.137. The highest BCUT2D eigenvalue weighted by Gasteiger charge is 2.19. The van der Waals surface area contributed by atoms with E-state index in [1.54, 1.807) is 24.3 Å². The van der Waals surface area contributed by atoms with Crippen LogP contribution in [-0.2, 0) is 4.57 Å². The van der Waals surface area contributed by atoms with Gasteiger partial charge in [0.15, 0.2) is 0 Å². The zero-order valence-electron chi connectivity index (χ0n) is 6.48. The molecule has 0 aromatic heterocycles. The van der Waals surface area contributed by atoms with Gasteiger partial charge in [-0.15, -0.1) is 11.6 Å². The summed E-state index contributed by atoms with van der Waals surface area (Å²) in [6, 6.07) is 8.59. The van der Waals surface area contributed by atoms with Gasteiger partial charge in [0, 0.05) is 17.3 Å². The molecule has 0 radical (unpaired) electrons. The Labute approximate surface area is 76.6 Å². The monoisotopic (exact) mass is 204 g/mol. The first-order valence-electron chi connectivity index (χ1n) is 3.60. The molecule has 1 atom stereocenters. The van der Waals surface area contributed by atoms with Crippen molar-refractivity contribution in [2.75, 3.05) is 12.0 Å². The Kier molecular flexibility index (Phi) is 3.33. The molecular weight excluding hydrogens is 195 g/mol. The van der Waals surface area contributed by atoms with Crippen LogP contribution in [0, 0.1) is 0 Å². The quantitative estimate of drug-likeness (QED) is 0.603. The van der Waals surface area contributed by atoms with Crippen molar-refractivity contribution in [3.63, 3.8) is 0 Å². The van der Waals surface area contributed by atoms with Crippen molar-refractivity contribution in [3.8, 4) is 0 Å². The Morgan fingerprint density at radius 1 is 1.33 bits per heavy atom. The van der Waals surface area contributed by atoms with Crippen LogP contribution in [0.15, 0.2) is 30.3 Å². The first-order valence-corrected chi connectivity index (χ1v) is 5.98. The van der Waals surface area contributed by atoms with Gasteiger partial charge in [-0.2, -0.15) is 0 Å². The number of hydrogen-bond acceptors (Lipinski definition) is 1. The lowest BCUT2D eigenvalue weighted by Crippen LogP contribution is -2.06. The second-order valence-electron chi connectivity index (χ2n) is 2.45. The lowest BCUT2D eigenvalue weighted by Gasteiger charge is -2.08. The van der Waals surface area contributed by atoms with Gasteiger partial charge in [-0.05, 0) is 12.1 Å². The van der Waals surface area contributed by atoms with Gasteiger partial charge < -0.3 is 4.89 Å². The van der Waals surface area contributed by atoms with E-state index in [1.807, 2.05) is 6.07 Å². The summed E-state index contributed by atoms with van der Waals surface area (Å²) in [6.45, 7) is 0. The normalized spacial score (nSPS) is 15.5. The largest absolute Gasteiger partial charge is 0.341 e. The third kappa shape index (κ3) is 2.34. The van der Waals surface area contributed by atoms with Crippen LogP contribution in [0.5, 0.6) is 0 Å². The third-order valence-corrected chi connectivity index (χ3v) is 3.93. The molecule has 4 heteroatoms. The average molecular weight is 205 g/mol. The predicted molar refractivity (Wildman–Crippen MR) is 51.5 cm³/mol. The fraction of sp³-hybridized carbons (Fsp3) is 0.250. The lowest BCUT2D eigenvalue weighted by atomic mass is 10.4. The molecular formula is C8H10ClO2P. The minimum atomic E-state index is -3.18. The zero-order chi connectivity index (χ0) is 9.03. The van der Waals surface area contributed by atoms with Crippen molar-refractivity contribution >= 4 is 24.3 Å². The standard InChI is InChI=1S/C8H10ClO2P/c9-6-7-12(10,11)8-4-2-1-3-5-8/h1-5H,6-7H2,(H,10,11). The van der Waals surface area contributed by atoms with Crippen LogP contribution in [0.3, 0.4) is 0 Å². The first kappa shape index (κ1) is 9.79. The zero-order valence-corrected chi connectivity index (χ0v) is 8.13. The van der Waals surface area contributed by atoms with Crippen LogP contribution in [-0.4, -0.2) is 16.9 Å². The molecule has 0 aliphatic heterocycles. The maximum absolute atomic E-state index is 11.5. The van der Waals surface area contributed by atoms with Crippen LogP contribution in [0.25, 0.3) is 0 Å². The summed E-state index contributed by atoms with van der Waals surface area (Å²) in [6.07, 6.45) is 0.137. The van der Waals surface area contributed by atoms with Crippen molar-refractivity contribution in [2.45, 2.75) is 0 Å². The molecule has 1 rings (SSSR count). The predicted octanol–water partition coefficient (Wildman–Crippen LogP) is 1.82. The molecule has 1 aromatic rings.